The molecule has 1 aliphatic rings. The first kappa shape index (κ1) is 16.9. The van der Waals surface area contributed by atoms with Crippen molar-refractivity contribution in [2.45, 2.75) is 32.1 Å². The fourth-order valence-corrected chi connectivity index (χ4v) is 3.44. The van der Waals surface area contributed by atoms with Crippen LogP contribution in [0.3, 0.4) is 0 Å². The quantitative estimate of drug-likeness (QED) is 0.817. The maximum Gasteiger partial charge on any atom is 0.335 e. The summed E-state index contributed by atoms with van der Waals surface area (Å²) in [5, 5.41) is 8.95. The number of piperidine rings is 1. The van der Waals surface area contributed by atoms with E-state index < -0.39 is 5.97 Å². The van der Waals surface area contributed by atoms with Gasteiger partial charge in [-0.1, -0.05) is 19.1 Å². The minimum Gasteiger partial charge on any atom is -0.478 e. The Morgan fingerprint density at radius 2 is 2.05 bits per heavy atom. The Morgan fingerprint density at radius 1 is 1.32 bits per heavy atom. The number of carbonyl (C=O) groups excluding carboxylic acids is 1. The van der Waals surface area contributed by atoms with Gasteiger partial charge in [0, 0.05) is 31.2 Å². The van der Waals surface area contributed by atoms with E-state index in [1.165, 1.54) is 0 Å². The summed E-state index contributed by atoms with van der Waals surface area (Å²) in [4.78, 5) is 25.1. The van der Waals surface area contributed by atoms with Crippen LogP contribution in [0.25, 0.3) is 0 Å². The van der Waals surface area contributed by atoms with Crippen LogP contribution in [0, 0.1) is 0 Å². The highest BCUT2D eigenvalue weighted by molar-refractivity contribution is 7.99. The van der Waals surface area contributed by atoms with Crippen molar-refractivity contribution in [3.05, 3.63) is 35.4 Å². The number of carboxylic acid groups (broad SMARTS) is 1. The van der Waals surface area contributed by atoms with Crippen molar-refractivity contribution in [2.75, 3.05) is 24.6 Å². The van der Waals surface area contributed by atoms with Gasteiger partial charge in [0.25, 0.3) is 0 Å². The predicted octanol–water partition coefficient (Wildman–Crippen LogP) is 3.23. The van der Waals surface area contributed by atoms with E-state index in [4.69, 9.17) is 5.11 Å². The molecule has 1 atom stereocenters. The second kappa shape index (κ2) is 8.22. The molecule has 4 nitrogen and oxygen atoms in total. The molecule has 1 aromatic rings. The largest absolute Gasteiger partial charge is 0.478 e. The topological polar surface area (TPSA) is 57.6 Å². The van der Waals surface area contributed by atoms with Gasteiger partial charge in [-0.15, -0.1) is 0 Å². The zero-order valence-electron chi connectivity index (χ0n) is 13.0. The molecule has 0 bridgehead atoms. The van der Waals surface area contributed by atoms with Crippen molar-refractivity contribution in [1.29, 1.82) is 0 Å². The highest BCUT2D eigenvalue weighted by Crippen LogP contribution is 2.27. The highest BCUT2D eigenvalue weighted by Gasteiger charge is 2.24. The monoisotopic (exact) mass is 321 g/mol. The fourth-order valence-electron chi connectivity index (χ4n) is 2.84. The van der Waals surface area contributed by atoms with Gasteiger partial charge < -0.3 is 10.0 Å². The summed E-state index contributed by atoms with van der Waals surface area (Å²) in [5.74, 6) is 1.60. The standard InChI is InChI=1S/C17H23NO3S/c1-2-22-11-9-16(19)18-10-3-4-15(12-18)13-5-7-14(8-6-13)17(20)21/h5-8,15H,2-4,9-12H2,1H3,(H,20,21). The van der Waals surface area contributed by atoms with E-state index in [2.05, 4.69) is 6.92 Å². The van der Waals surface area contributed by atoms with Crippen LogP contribution in [-0.4, -0.2) is 46.5 Å². The van der Waals surface area contributed by atoms with Crippen LogP contribution >= 0.6 is 11.8 Å². The van der Waals surface area contributed by atoms with Gasteiger partial charge in [0.15, 0.2) is 0 Å². The molecular formula is C17H23NO3S. The third kappa shape index (κ3) is 4.50. The summed E-state index contributed by atoms with van der Waals surface area (Å²) in [7, 11) is 0. The molecule has 120 valence electrons. The lowest BCUT2D eigenvalue weighted by Crippen LogP contribution is -2.39. The third-order valence-corrected chi connectivity index (χ3v) is 4.97. The third-order valence-electron chi connectivity index (χ3n) is 4.07. The number of thioether (sulfide) groups is 1. The number of hydrogen-bond acceptors (Lipinski definition) is 3. The maximum atomic E-state index is 12.2. The SMILES string of the molecule is CCSCCC(=O)N1CCCC(c2ccc(C(=O)O)cc2)C1. The molecule has 22 heavy (non-hydrogen) atoms. The Hall–Kier alpha value is -1.49. The van der Waals surface area contributed by atoms with Crippen LogP contribution in [-0.2, 0) is 4.79 Å². The average Bonchev–Trinajstić information content (AvgIpc) is 2.55. The van der Waals surface area contributed by atoms with E-state index in [1.807, 2.05) is 17.0 Å². The lowest BCUT2D eigenvalue weighted by atomic mass is 9.90. The highest BCUT2D eigenvalue weighted by atomic mass is 32.2. The van der Waals surface area contributed by atoms with Crippen LogP contribution < -0.4 is 0 Å². The molecule has 1 N–H and O–H groups in total. The molecule has 1 heterocycles. The molecule has 1 saturated heterocycles. The number of carboxylic acids is 1. The summed E-state index contributed by atoms with van der Waals surface area (Å²) in [6, 6.07) is 7.07. The second-order valence-electron chi connectivity index (χ2n) is 5.55. The summed E-state index contributed by atoms with van der Waals surface area (Å²) < 4.78 is 0. The first-order chi connectivity index (χ1) is 10.6. The molecule has 2 rings (SSSR count). The minimum atomic E-state index is -0.902. The first-order valence-electron chi connectivity index (χ1n) is 7.80. The van der Waals surface area contributed by atoms with E-state index in [9.17, 15) is 9.59 Å². The predicted molar refractivity (Wildman–Crippen MR) is 89.6 cm³/mol. The van der Waals surface area contributed by atoms with E-state index in [0.29, 0.717) is 17.9 Å². The molecule has 0 aromatic heterocycles. The maximum absolute atomic E-state index is 12.2. The van der Waals surface area contributed by atoms with E-state index >= 15 is 0 Å². The van der Waals surface area contributed by atoms with Crippen LogP contribution in [0.5, 0.6) is 0 Å². The van der Waals surface area contributed by atoms with Crippen LogP contribution in [0.15, 0.2) is 24.3 Å². The molecule has 0 spiro atoms. The van der Waals surface area contributed by atoms with Crippen molar-refractivity contribution >= 4 is 23.6 Å². The molecule has 1 aliphatic heterocycles. The van der Waals surface area contributed by atoms with Crippen LogP contribution in [0.1, 0.15) is 48.0 Å². The van der Waals surface area contributed by atoms with E-state index in [1.54, 1.807) is 23.9 Å². The molecule has 1 fully saturated rings. The number of carbonyl (C=O) groups is 2. The van der Waals surface area contributed by atoms with Gasteiger partial charge in [0.05, 0.1) is 5.56 Å². The zero-order valence-corrected chi connectivity index (χ0v) is 13.8. The summed E-state index contributed by atoms with van der Waals surface area (Å²) in [6.07, 6.45) is 2.68. The smallest absolute Gasteiger partial charge is 0.335 e. The number of likely N-dealkylation sites (tertiary alicyclic amines) is 1. The molecule has 1 unspecified atom stereocenters. The molecule has 0 aliphatic carbocycles. The Balaban J connectivity index is 1.95. The van der Waals surface area contributed by atoms with Gasteiger partial charge in [-0.25, -0.2) is 4.79 Å². The van der Waals surface area contributed by atoms with Crippen molar-refractivity contribution in [3.8, 4) is 0 Å². The van der Waals surface area contributed by atoms with Gasteiger partial charge in [-0.05, 0) is 36.3 Å². The number of aromatic carboxylic acids is 1. The Bertz CT molecular complexity index is 515. The average molecular weight is 321 g/mol. The van der Waals surface area contributed by atoms with E-state index in [-0.39, 0.29) is 5.91 Å². The van der Waals surface area contributed by atoms with Gasteiger partial charge in [0.1, 0.15) is 0 Å². The van der Waals surface area contributed by atoms with Crippen LogP contribution in [0.4, 0.5) is 0 Å². The van der Waals surface area contributed by atoms with Gasteiger partial charge >= 0.3 is 5.97 Å². The Labute approximate surface area is 135 Å². The number of rotatable bonds is 6. The summed E-state index contributed by atoms with van der Waals surface area (Å²) >= 11 is 1.80. The summed E-state index contributed by atoms with van der Waals surface area (Å²) in [5.41, 5.74) is 1.44. The van der Waals surface area contributed by atoms with Gasteiger partial charge in [-0.3, -0.25) is 4.79 Å². The number of benzene rings is 1. The van der Waals surface area contributed by atoms with E-state index in [0.717, 1.165) is 43.0 Å². The molecule has 1 aromatic carbocycles. The number of hydrogen-bond donors (Lipinski definition) is 1. The molecule has 1 amide bonds. The van der Waals surface area contributed by atoms with Crippen LogP contribution in [0.2, 0.25) is 0 Å². The zero-order chi connectivity index (χ0) is 15.9. The summed E-state index contributed by atoms with van der Waals surface area (Å²) in [6.45, 7) is 3.70. The lowest BCUT2D eigenvalue weighted by Gasteiger charge is -2.33. The van der Waals surface area contributed by atoms with Crippen molar-refractivity contribution in [2.24, 2.45) is 0 Å². The van der Waals surface area contributed by atoms with Gasteiger partial charge in [0.2, 0.25) is 5.91 Å². The second-order valence-corrected chi connectivity index (χ2v) is 6.95. The normalized spacial score (nSPS) is 18.2. The van der Waals surface area contributed by atoms with Crippen molar-refractivity contribution in [1.82, 2.24) is 4.90 Å². The molecule has 5 heteroatoms. The first-order valence-corrected chi connectivity index (χ1v) is 8.96. The fraction of sp³-hybridized carbons (Fsp3) is 0.529. The van der Waals surface area contributed by atoms with Crippen molar-refractivity contribution < 1.29 is 14.7 Å². The Morgan fingerprint density at radius 3 is 2.68 bits per heavy atom. The molecule has 0 saturated carbocycles. The minimum absolute atomic E-state index is 0.243. The van der Waals surface area contributed by atoms with Gasteiger partial charge in [-0.2, -0.15) is 11.8 Å². The molecular weight excluding hydrogens is 298 g/mol. The molecule has 0 radical (unpaired) electrons. The lowest BCUT2D eigenvalue weighted by molar-refractivity contribution is -0.131. The van der Waals surface area contributed by atoms with Crippen molar-refractivity contribution in [3.63, 3.8) is 0 Å². The Kier molecular flexibility index (Phi) is 6.31. The number of amides is 1. The number of nitrogens with zero attached hydrogens (tertiary/aromatic N) is 1.